The van der Waals surface area contributed by atoms with Crippen LogP contribution in [0.2, 0.25) is 0 Å². The van der Waals surface area contributed by atoms with Gasteiger partial charge in [-0.05, 0) is 55.7 Å². The van der Waals surface area contributed by atoms with E-state index >= 15 is 0 Å². The van der Waals surface area contributed by atoms with Gasteiger partial charge in [0.05, 0.1) is 6.10 Å². The van der Waals surface area contributed by atoms with Gasteiger partial charge in [-0.3, -0.25) is 0 Å². The van der Waals surface area contributed by atoms with Crippen molar-refractivity contribution in [3.05, 3.63) is 46.0 Å². The third kappa shape index (κ3) is 3.69. The molecule has 1 aromatic rings. The fourth-order valence-electron chi connectivity index (χ4n) is 2.92. The molecule has 1 aliphatic carbocycles. The first-order valence-electron chi connectivity index (χ1n) is 6.64. The Morgan fingerprint density at radius 1 is 1.33 bits per heavy atom. The molecule has 3 atom stereocenters. The minimum atomic E-state index is -0.225. The van der Waals surface area contributed by atoms with E-state index in [1.54, 1.807) is 0 Å². The number of rotatable bonds is 3. The molecule has 2 heteroatoms. The van der Waals surface area contributed by atoms with Gasteiger partial charge in [0.15, 0.2) is 0 Å². The van der Waals surface area contributed by atoms with Gasteiger partial charge in [-0.2, -0.15) is 0 Å². The average Bonchev–Trinajstić information content (AvgIpc) is 2.31. The Hall–Kier alpha value is -0.600. The van der Waals surface area contributed by atoms with Crippen LogP contribution in [0.1, 0.15) is 32.3 Å². The molecule has 18 heavy (non-hydrogen) atoms. The Bertz CT molecular complexity index is 421. The summed E-state index contributed by atoms with van der Waals surface area (Å²) in [5.41, 5.74) is 2.64. The van der Waals surface area contributed by atoms with Crippen LogP contribution in [0, 0.1) is 11.8 Å². The summed E-state index contributed by atoms with van der Waals surface area (Å²) in [5, 5.41) is 10.4. The molecule has 1 nitrogen and oxygen atoms in total. The summed E-state index contributed by atoms with van der Waals surface area (Å²) in [7, 11) is 0. The summed E-state index contributed by atoms with van der Waals surface area (Å²) in [6.07, 6.45) is 5.02. The summed E-state index contributed by atoms with van der Waals surface area (Å²) in [6.45, 7) is 4.41. The van der Waals surface area contributed by atoms with Crippen LogP contribution in [0.25, 0.3) is 0 Å². The Balaban J connectivity index is 1.98. The van der Waals surface area contributed by atoms with Gasteiger partial charge < -0.3 is 5.11 Å². The van der Waals surface area contributed by atoms with E-state index in [1.165, 1.54) is 11.1 Å². The molecule has 98 valence electrons. The van der Waals surface area contributed by atoms with Gasteiger partial charge >= 0.3 is 0 Å². The maximum atomic E-state index is 10.4. The van der Waals surface area contributed by atoms with Gasteiger partial charge in [0.25, 0.3) is 0 Å². The molecule has 0 spiro atoms. The lowest BCUT2D eigenvalue weighted by atomic mass is 9.79. The van der Waals surface area contributed by atoms with Gasteiger partial charge in [0.2, 0.25) is 0 Å². The maximum Gasteiger partial charge on any atom is 0.0611 e. The summed E-state index contributed by atoms with van der Waals surface area (Å²) in [6, 6.07) is 8.25. The van der Waals surface area contributed by atoms with Crippen LogP contribution in [0.3, 0.4) is 0 Å². The molecular formula is C16H21BrO. The van der Waals surface area contributed by atoms with Crippen molar-refractivity contribution in [3.63, 3.8) is 0 Å². The predicted molar refractivity (Wildman–Crippen MR) is 79.5 cm³/mol. The molecule has 1 N–H and O–H groups in total. The molecule has 0 radical (unpaired) electrons. The number of aliphatic hydroxyl groups is 1. The second-order valence-electron chi connectivity index (χ2n) is 5.59. The van der Waals surface area contributed by atoms with Crippen molar-refractivity contribution in [3.8, 4) is 0 Å². The second kappa shape index (κ2) is 6.03. The van der Waals surface area contributed by atoms with Crippen molar-refractivity contribution in [2.24, 2.45) is 11.8 Å². The molecule has 0 bridgehead atoms. The summed E-state index contributed by atoms with van der Waals surface area (Å²) >= 11 is 3.43. The fraction of sp³-hybridized carbons (Fsp3) is 0.500. The van der Waals surface area contributed by atoms with Crippen LogP contribution in [-0.4, -0.2) is 11.2 Å². The second-order valence-corrected chi connectivity index (χ2v) is 6.50. The molecule has 0 saturated heterocycles. The van der Waals surface area contributed by atoms with Crippen LogP contribution in [0.15, 0.2) is 40.4 Å². The van der Waals surface area contributed by atoms with Crippen molar-refractivity contribution < 1.29 is 5.11 Å². The Labute approximate surface area is 118 Å². The van der Waals surface area contributed by atoms with Crippen molar-refractivity contribution in [1.82, 2.24) is 0 Å². The average molecular weight is 309 g/mol. The topological polar surface area (TPSA) is 20.2 Å². The zero-order chi connectivity index (χ0) is 13.1. The Kier molecular flexibility index (Phi) is 4.63. The van der Waals surface area contributed by atoms with Crippen molar-refractivity contribution >= 4 is 15.9 Å². The van der Waals surface area contributed by atoms with Crippen molar-refractivity contribution in [1.29, 1.82) is 0 Å². The number of hydrogen-bond acceptors (Lipinski definition) is 1. The molecule has 3 unspecified atom stereocenters. The number of benzene rings is 1. The predicted octanol–water partition coefficient (Wildman–Crippen LogP) is 4.34. The monoisotopic (exact) mass is 308 g/mol. The highest BCUT2D eigenvalue weighted by Crippen LogP contribution is 2.31. The van der Waals surface area contributed by atoms with Gasteiger partial charge in [-0.15, -0.1) is 0 Å². The summed E-state index contributed by atoms with van der Waals surface area (Å²) in [4.78, 5) is 0. The zero-order valence-corrected chi connectivity index (χ0v) is 12.7. The van der Waals surface area contributed by atoms with Crippen molar-refractivity contribution in [2.45, 2.75) is 39.2 Å². The van der Waals surface area contributed by atoms with Gasteiger partial charge in [-0.1, -0.05) is 46.6 Å². The largest absolute Gasteiger partial charge is 0.392 e. The molecule has 0 heterocycles. The molecule has 1 aromatic carbocycles. The molecule has 0 aromatic heterocycles. The Morgan fingerprint density at radius 2 is 2.00 bits per heavy atom. The molecule has 0 aliphatic heterocycles. The first kappa shape index (κ1) is 13.8. The molecule has 0 amide bonds. The number of halogens is 1. The van der Waals surface area contributed by atoms with Gasteiger partial charge in [-0.25, -0.2) is 0 Å². The smallest absolute Gasteiger partial charge is 0.0611 e. The maximum absolute atomic E-state index is 10.4. The number of aliphatic hydroxyl groups excluding tert-OH is 1. The first-order valence-corrected chi connectivity index (χ1v) is 7.43. The molecule has 1 aliphatic rings. The van der Waals surface area contributed by atoms with E-state index in [0.717, 1.165) is 23.7 Å². The van der Waals surface area contributed by atoms with Crippen LogP contribution < -0.4 is 0 Å². The van der Waals surface area contributed by atoms with Crippen molar-refractivity contribution in [2.75, 3.05) is 0 Å². The first-order chi connectivity index (χ1) is 8.54. The van der Waals surface area contributed by atoms with Crippen LogP contribution >= 0.6 is 15.9 Å². The number of hydrogen-bond donors (Lipinski definition) is 1. The highest BCUT2D eigenvalue weighted by Gasteiger charge is 2.24. The molecule has 2 rings (SSSR count). The third-order valence-electron chi connectivity index (χ3n) is 3.73. The van der Waals surface area contributed by atoms with E-state index in [9.17, 15) is 5.11 Å². The van der Waals surface area contributed by atoms with Crippen LogP contribution in [0.5, 0.6) is 0 Å². The molecule has 0 fully saturated rings. The van der Waals surface area contributed by atoms with E-state index in [4.69, 9.17) is 0 Å². The normalized spacial score (nSPS) is 25.7. The highest BCUT2D eigenvalue weighted by molar-refractivity contribution is 9.10. The van der Waals surface area contributed by atoms with E-state index in [0.29, 0.717) is 11.8 Å². The lowest BCUT2D eigenvalue weighted by Crippen LogP contribution is -2.27. The quantitative estimate of drug-likeness (QED) is 0.823. The molecule has 0 saturated carbocycles. The lowest BCUT2D eigenvalue weighted by Gasteiger charge is -2.29. The summed E-state index contributed by atoms with van der Waals surface area (Å²) < 4.78 is 1.09. The number of allylic oxidation sites excluding steroid dienone is 2. The summed E-state index contributed by atoms with van der Waals surface area (Å²) in [5.74, 6) is 1.01. The van der Waals surface area contributed by atoms with E-state index in [-0.39, 0.29) is 6.10 Å². The van der Waals surface area contributed by atoms with Gasteiger partial charge in [0.1, 0.15) is 0 Å². The lowest BCUT2D eigenvalue weighted by molar-refractivity contribution is 0.0932. The standard InChI is InChI=1S/C16H21BrO/c1-11-7-12(2)9-14(8-11)16(18)10-13-3-5-15(17)6-4-13/h3-7,11,14,16,18H,8-10H2,1-2H3. The highest BCUT2D eigenvalue weighted by atomic mass is 79.9. The van der Waals surface area contributed by atoms with Gasteiger partial charge in [0, 0.05) is 4.47 Å². The minimum Gasteiger partial charge on any atom is -0.392 e. The van der Waals surface area contributed by atoms with E-state index in [2.05, 4.69) is 48.0 Å². The van der Waals surface area contributed by atoms with E-state index < -0.39 is 0 Å². The van der Waals surface area contributed by atoms with Crippen LogP contribution in [0.4, 0.5) is 0 Å². The minimum absolute atomic E-state index is 0.225. The SMILES string of the molecule is CC1=CC(C)CC(C(O)Cc2ccc(Br)cc2)C1. The van der Waals surface area contributed by atoms with E-state index in [1.807, 2.05) is 12.1 Å². The molecular weight excluding hydrogens is 288 g/mol. The fourth-order valence-corrected chi connectivity index (χ4v) is 3.18. The third-order valence-corrected chi connectivity index (χ3v) is 4.26. The van der Waals surface area contributed by atoms with Crippen LogP contribution in [-0.2, 0) is 6.42 Å². The zero-order valence-electron chi connectivity index (χ0n) is 11.1. The Morgan fingerprint density at radius 3 is 2.61 bits per heavy atom.